The summed E-state index contributed by atoms with van der Waals surface area (Å²) in [7, 11) is 1.35. The SMILES string of the molecule is CCOC(=O)CC(=O)NCCc1ccc(OC(F)F)c(OC)c1. The lowest BCUT2D eigenvalue weighted by Crippen LogP contribution is -2.28. The molecule has 0 aliphatic carbocycles. The highest BCUT2D eigenvalue weighted by molar-refractivity contribution is 5.94. The van der Waals surface area contributed by atoms with E-state index in [4.69, 9.17) is 4.74 Å². The van der Waals surface area contributed by atoms with Crippen LogP contribution in [0.4, 0.5) is 8.78 Å². The lowest BCUT2D eigenvalue weighted by atomic mass is 10.1. The predicted molar refractivity (Wildman–Crippen MR) is 77.6 cm³/mol. The third kappa shape index (κ3) is 6.94. The van der Waals surface area contributed by atoms with Crippen LogP contribution in [0.25, 0.3) is 0 Å². The Morgan fingerprint density at radius 2 is 2.00 bits per heavy atom. The molecule has 0 aliphatic rings. The Morgan fingerprint density at radius 1 is 1.26 bits per heavy atom. The van der Waals surface area contributed by atoms with Crippen LogP contribution in [0.2, 0.25) is 0 Å². The molecule has 0 saturated heterocycles. The van der Waals surface area contributed by atoms with Gasteiger partial charge in [0.25, 0.3) is 0 Å². The number of hydrogen-bond acceptors (Lipinski definition) is 5. The van der Waals surface area contributed by atoms with Gasteiger partial charge >= 0.3 is 12.6 Å². The lowest BCUT2D eigenvalue weighted by molar-refractivity contribution is -0.145. The molecule has 128 valence electrons. The van der Waals surface area contributed by atoms with Crippen molar-refractivity contribution < 1.29 is 32.6 Å². The van der Waals surface area contributed by atoms with E-state index < -0.39 is 18.5 Å². The molecule has 23 heavy (non-hydrogen) atoms. The van der Waals surface area contributed by atoms with Crippen LogP contribution in [0, 0.1) is 0 Å². The maximum Gasteiger partial charge on any atom is 0.387 e. The van der Waals surface area contributed by atoms with Crippen molar-refractivity contribution in [2.45, 2.75) is 26.4 Å². The standard InChI is InChI=1S/C15H19F2NO5/c1-3-22-14(20)9-13(19)18-7-6-10-4-5-11(23-15(16)17)12(8-10)21-2/h4-5,8,15H,3,6-7,9H2,1-2H3,(H,18,19). The maximum atomic E-state index is 12.2. The summed E-state index contributed by atoms with van der Waals surface area (Å²) < 4.78 is 38.4. The number of rotatable bonds is 9. The van der Waals surface area contributed by atoms with Gasteiger partial charge in [-0.2, -0.15) is 8.78 Å². The fraction of sp³-hybridized carbons (Fsp3) is 0.467. The average Bonchev–Trinajstić information content (AvgIpc) is 2.48. The number of carbonyl (C=O) groups is 2. The summed E-state index contributed by atoms with van der Waals surface area (Å²) in [4.78, 5) is 22.6. The van der Waals surface area contributed by atoms with Crippen LogP contribution >= 0.6 is 0 Å². The van der Waals surface area contributed by atoms with Crippen LogP contribution in [0.3, 0.4) is 0 Å². The molecule has 1 N–H and O–H groups in total. The largest absolute Gasteiger partial charge is 0.493 e. The van der Waals surface area contributed by atoms with Crippen molar-refractivity contribution in [3.05, 3.63) is 23.8 Å². The highest BCUT2D eigenvalue weighted by Gasteiger charge is 2.12. The minimum atomic E-state index is -2.93. The van der Waals surface area contributed by atoms with Crippen molar-refractivity contribution in [1.29, 1.82) is 0 Å². The van der Waals surface area contributed by atoms with E-state index in [1.54, 1.807) is 19.1 Å². The van der Waals surface area contributed by atoms with Gasteiger partial charge in [0.2, 0.25) is 5.91 Å². The fourth-order valence-electron chi connectivity index (χ4n) is 1.81. The first-order chi connectivity index (χ1) is 11.0. The molecular formula is C15H19F2NO5. The molecule has 0 fully saturated rings. The van der Waals surface area contributed by atoms with Crippen molar-refractivity contribution in [3.8, 4) is 11.5 Å². The Kier molecular flexibility index (Phi) is 7.79. The smallest absolute Gasteiger partial charge is 0.387 e. The first kappa shape index (κ1) is 18.7. The second kappa shape index (κ2) is 9.60. The molecule has 8 heteroatoms. The number of halogens is 2. The summed E-state index contributed by atoms with van der Waals surface area (Å²) >= 11 is 0. The van der Waals surface area contributed by atoms with Gasteiger partial charge in [-0.25, -0.2) is 0 Å². The van der Waals surface area contributed by atoms with Crippen molar-refractivity contribution in [3.63, 3.8) is 0 Å². The quantitative estimate of drug-likeness (QED) is 0.553. The van der Waals surface area contributed by atoms with Crippen LogP contribution in [0.1, 0.15) is 18.9 Å². The molecule has 0 spiro atoms. The predicted octanol–water partition coefficient (Wildman–Crippen LogP) is 1.91. The topological polar surface area (TPSA) is 73.9 Å². The Labute approximate surface area is 132 Å². The maximum absolute atomic E-state index is 12.2. The number of methoxy groups -OCH3 is 1. The second-order valence-electron chi connectivity index (χ2n) is 4.45. The van der Waals surface area contributed by atoms with Crippen LogP contribution < -0.4 is 14.8 Å². The van der Waals surface area contributed by atoms with Gasteiger partial charge in [0.05, 0.1) is 13.7 Å². The van der Waals surface area contributed by atoms with Gasteiger partial charge in [-0.1, -0.05) is 6.07 Å². The van der Waals surface area contributed by atoms with E-state index in [1.807, 2.05) is 0 Å². The van der Waals surface area contributed by atoms with Crippen LogP contribution in [-0.2, 0) is 20.7 Å². The molecule has 0 heterocycles. The van der Waals surface area contributed by atoms with Crippen LogP contribution in [0.15, 0.2) is 18.2 Å². The summed E-state index contributed by atoms with van der Waals surface area (Å²) in [5.41, 5.74) is 0.764. The Balaban J connectivity index is 2.48. The lowest BCUT2D eigenvalue weighted by Gasteiger charge is -2.11. The number of alkyl halides is 2. The van der Waals surface area contributed by atoms with Crippen LogP contribution in [0.5, 0.6) is 11.5 Å². The zero-order chi connectivity index (χ0) is 17.2. The third-order valence-electron chi connectivity index (χ3n) is 2.79. The number of amides is 1. The highest BCUT2D eigenvalue weighted by Crippen LogP contribution is 2.29. The minimum Gasteiger partial charge on any atom is -0.493 e. The van der Waals surface area contributed by atoms with Crippen LogP contribution in [-0.4, -0.2) is 38.7 Å². The van der Waals surface area contributed by atoms with Crippen molar-refractivity contribution >= 4 is 11.9 Å². The van der Waals surface area contributed by atoms with E-state index in [2.05, 4.69) is 14.8 Å². The van der Waals surface area contributed by atoms with Crippen molar-refractivity contribution in [2.75, 3.05) is 20.3 Å². The van der Waals surface area contributed by atoms with E-state index in [0.717, 1.165) is 5.56 Å². The number of nitrogens with one attached hydrogen (secondary N) is 1. The second-order valence-corrected chi connectivity index (χ2v) is 4.45. The first-order valence-electron chi connectivity index (χ1n) is 7.00. The summed E-state index contributed by atoms with van der Waals surface area (Å²) in [6, 6.07) is 4.52. The summed E-state index contributed by atoms with van der Waals surface area (Å²) in [6.07, 6.45) is 0.109. The molecule has 0 aliphatic heterocycles. The summed E-state index contributed by atoms with van der Waals surface area (Å²) in [6.45, 7) is -0.767. The molecule has 0 bridgehead atoms. The van der Waals surface area contributed by atoms with Gasteiger partial charge in [-0.15, -0.1) is 0 Å². The third-order valence-corrected chi connectivity index (χ3v) is 2.79. The molecule has 1 rings (SSSR count). The summed E-state index contributed by atoms with van der Waals surface area (Å²) in [5.74, 6) is -0.897. The number of carbonyl (C=O) groups excluding carboxylic acids is 2. The zero-order valence-electron chi connectivity index (χ0n) is 12.9. The van der Waals surface area contributed by atoms with Gasteiger partial charge in [-0.05, 0) is 31.0 Å². The number of esters is 1. The summed E-state index contributed by atoms with van der Waals surface area (Å²) in [5, 5.41) is 2.57. The molecular weight excluding hydrogens is 312 g/mol. The minimum absolute atomic E-state index is 0.0578. The molecule has 0 unspecified atom stereocenters. The van der Waals surface area contributed by atoms with E-state index in [1.165, 1.54) is 13.2 Å². The normalized spacial score (nSPS) is 10.3. The van der Waals surface area contributed by atoms with Crippen molar-refractivity contribution in [2.24, 2.45) is 0 Å². The molecule has 1 aromatic rings. The van der Waals surface area contributed by atoms with Crippen molar-refractivity contribution in [1.82, 2.24) is 5.32 Å². The van der Waals surface area contributed by atoms with E-state index in [-0.39, 0.29) is 31.1 Å². The van der Waals surface area contributed by atoms with Gasteiger partial charge in [-0.3, -0.25) is 9.59 Å². The van der Waals surface area contributed by atoms with E-state index in [0.29, 0.717) is 6.42 Å². The molecule has 0 atom stereocenters. The molecule has 0 radical (unpaired) electrons. The molecule has 0 saturated carbocycles. The molecule has 6 nitrogen and oxygen atoms in total. The number of benzene rings is 1. The van der Waals surface area contributed by atoms with Gasteiger partial charge in [0.1, 0.15) is 6.42 Å². The monoisotopic (exact) mass is 331 g/mol. The van der Waals surface area contributed by atoms with Gasteiger partial charge in [0, 0.05) is 6.54 Å². The number of hydrogen-bond donors (Lipinski definition) is 1. The Hall–Kier alpha value is -2.38. The van der Waals surface area contributed by atoms with Gasteiger partial charge < -0.3 is 19.5 Å². The van der Waals surface area contributed by atoms with Gasteiger partial charge in [0.15, 0.2) is 11.5 Å². The number of ether oxygens (including phenoxy) is 3. The van der Waals surface area contributed by atoms with E-state index >= 15 is 0 Å². The fourth-order valence-corrected chi connectivity index (χ4v) is 1.81. The highest BCUT2D eigenvalue weighted by atomic mass is 19.3. The molecule has 0 aromatic heterocycles. The zero-order valence-corrected chi connectivity index (χ0v) is 12.9. The molecule has 1 aromatic carbocycles. The Bertz CT molecular complexity index is 537. The first-order valence-corrected chi connectivity index (χ1v) is 7.00. The average molecular weight is 331 g/mol. The molecule has 1 amide bonds. The Morgan fingerprint density at radius 3 is 2.61 bits per heavy atom. The van der Waals surface area contributed by atoms with E-state index in [9.17, 15) is 18.4 Å².